The maximum atomic E-state index is 11.7. The Morgan fingerprint density at radius 3 is 2.89 bits per heavy atom. The van der Waals surface area contributed by atoms with Crippen molar-refractivity contribution in [2.45, 2.75) is 26.8 Å². The van der Waals surface area contributed by atoms with Crippen molar-refractivity contribution >= 4 is 17.6 Å². The predicted octanol–water partition coefficient (Wildman–Crippen LogP) is 0.977. The first-order valence-electron chi connectivity index (χ1n) is 6.03. The van der Waals surface area contributed by atoms with Crippen molar-refractivity contribution in [1.82, 2.24) is 9.78 Å². The van der Waals surface area contributed by atoms with Crippen LogP contribution in [-0.4, -0.2) is 33.3 Å². The second-order valence-corrected chi connectivity index (χ2v) is 5.06. The number of nitrogens with zero attached hydrogens (tertiary/aromatic N) is 3. The number of carboxylic acid groups (broad SMARTS) is 1. The highest BCUT2D eigenvalue weighted by Crippen LogP contribution is 2.24. The highest BCUT2D eigenvalue weighted by molar-refractivity contribution is 5.98. The van der Waals surface area contributed by atoms with E-state index in [2.05, 4.69) is 18.9 Å². The minimum atomic E-state index is -0.916. The van der Waals surface area contributed by atoms with Gasteiger partial charge in [-0.25, -0.2) is 0 Å². The minimum Gasteiger partial charge on any atom is -0.481 e. The third kappa shape index (κ3) is 2.52. The van der Waals surface area contributed by atoms with E-state index in [0.29, 0.717) is 11.6 Å². The smallest absolute Gasteiger partial charge is 0.308 e. The number of aromatic nitrogens is 2. The van der Waals surface area contributed by atoms with Crippen molar-refractivity contribution in [2.24, 2.45) is 11.8 Å². The van der Waals surface area contributed by atoms with E-state index in [1.165, 1.54) is 4.90 Å². The van der Waals surface area contributed by atoms with Crippen molar-refractivity contribution in [3.8, 4) is 0 Å². The van der Waals surface area contributed by atoms with Gasteiger partial charge in [0, 0.05) is 25.7 Å². The van der Waals surface area contributed by atoms with Crippen LogP contribution in [0.25, 0.3) is 0 Å². The summed E-state index contributed by atoms with van der Waals surface area (Å²) in [5.41, 5.74) is 0.685. The van der Waals surface area contributed by atoms with Gasteiger partial charge in [0.1, 0.15) is 0 Å². The summed E-state index contributed by atoms with van der Waals surface area (Å²) in [5.74, 6) is -1.20. The average Bonchev–Trinajstić information content (AvgIpc) is 2.83. The van der Waals surface area contributed by atoms with Gasteiger partial charge < -0.3 is 10.0 Å². The molecule has 1 aliphatic rings. The van der Waals surface area contributed by atoms with Gasteiger partial charge in [-0.3, -0.25) is 14.3 Å². The zero-order valence-electron chi connectivity index (χ0n) is 10.5. The number of carbonyl (C=O) groups excluding carboxylic acids is 1. The van der Waals surface area contributed by atoms with Crippen LogP contribution in [0.1, 0.15) is 20.3 Å². The van der Waals surface area contributed by atoms with Crippen molar-refractivity contribution in [2.75, 3.05) is 11.4 Å². The van der Waals surface area contributed by atoms with E-state index in [9.17, 15) is 9.59 Å². The first-order valence-corrected chi connectivity index (χ1v) is 6.03. The summed E-state index contributed by atoms with van der Waals surface area (Å²) in [6.07, 6.45) is 3.48. The Morgan fingerprint density at radius 1 is 1.61 bits per heavy atom. The van der Waals surface area contributed by atoms with E-state index in [0.717, 1.165) is 6.54 Å². The Labute approximate surface area is 105 Å². The summed E-state index contributed by atoms with van der Waals surface area (Å²) >= 11 is 0. The van der Waals surface area contributed by atoms with Gasteiger partial charge >= 0.3 is 5.97 Å². The van der Waals surface area contributed by atoms with E-state index in [4.69, 9.17) is 5.11 Å². The van der Waals surface area contributed by atoms with Crippen molar-refractivity contribution in [1.29, 1.82) is 0 Å². The molecule has 0 unspecified atom stereocenters. The molecule has 2 rings (SSSR count). The van der Waals surface area contributed by atoms with Gasteiger partial charge in [-0.2, -0.15) is 5.10 Å². The third-order valence-corrected chi connectivity index (χ3v) is 2.96. The number of hydrogen-bond acceptors (Lipinski definition) is 3. The maximum absolute atomic E-state index is 11.7. The molecule has 18 heavy (non-hydrogen) atoms. The molecule has 1 amide bonds. The molecule has 6 nitrogen and oxygen atoms in total. The van der Waals surface area contributed by atoms with Gasteiger partial charge in [-0.1, -0.05) is 13.8 Å². The number of aliphatic carboxylic acids is 1. The fourth-order valence-electron chi connectivity index (χ4n) is 2.09. The summed E-state index contributed by atoms with van der Waals surface area (Å²) in [5, 5.41) is 13.1. The number of carboxylic acids is 1. The van der Waals surface area contributed by atoms with Gasteiger partial charge in [-0.15, -0.1) is 0 Å². The van der Waals surface area contributed by atoms with Gasteiger partial charge in [0.2, 0.25) is 5.91 Å². The zero-order valence-corrected chi connectivity index (χ0v) is 10.5. The molecular weight excluding hydrogens is 234 g/mol. The minimum absolute atomic E-state index is 0.0741. The molecule has 1 atom stereocenters. The van der Waals surface area contributed by atoms with E-state index >= 15 is 0 Å². The molecule has 1 aliphatic heterocycles. The molecule has 1 saturated heterocycles. The van der Waals surface area contributed by atoms with E-state index < -0.39 is 11.9 Å². The number of amides is 1. The van der Waals surface area contributed by atoms with Crippen LogP contribution >= 0.6 is 0 Å². The molecule has 0 spiro atoms. The summed E-state index contributed by atoms with van der Waals surface area (Å²) in [4.78, 5) is 24.1. The lowest BCUT2D eigenvalue weighted by molar-refractivity contribution is -0.141. The number of rotatable bonds is 4. The van der Waals surface area contributed by atoms with Crippen LogP contribution in [0.2, 0.25) is 0 Å². The molecule has 1 aromatic rings. The molecule has 0 aliphatic carbocycles. The monoisotopic (exact) mass is 251 g/mol. The maximum Gasteiger partial charge on any atom is 0.308 e. The lowest BCUT2D eigenvalue weighted by atomic mass is 10.1. The molecule has 98 valence electrons. The fourth-order valence-corrected chi connectivity index (χ4v) is 2.09. The summed E-state index contributed by atoms with van der Waals surface area (Å²) < 4.78 is 1.78. The normalized spacial score (nSPS) is 19.8. The number of anilines is 1. The highest BCUT2D eigenvalue weighted by Gasteiger charge is 2.35. The Kier molecular flexibility index (Phi) is 3.36. The first kappa shape index (κ1) is 12.6. The van der Waals surface area contributed by atoms with Crippen LogP contribution < -0.4 is 4.90 Å². The summed E-state index contributed by atoms with van der Waals surface area (Å²) in [7, 11) is 0. The van der Waals surface area contributed by atoms with Gasteiger partial charge in [0.15, 0.2) is 0 Å². The second-order valence-electron chi connectivity index (χ2n) is 5.06. The molecule has 0 aromatic carbocycles. The predicted molar refractivity (Wildman–Crippen MR) is 65.2 cm³/mol. The standard InChI is InChI=1S/C12H17N3O3/c1-8(2)5-14-7-10(4-13-14)15-6-9(12(17)18)3-11(15)16/h4,7-9H,3,5-6H2,1-2H3,(H,17,18)/t9-/m1/s1. The Bertz CT molecular complexity index is 467. The first-order chi connectivity index (χ1) is 8.47. The molecule has 0 bridgehead atoms. The van der Waals surface area contributed by atoms with Crippen LogP contribution in [0.3, 0.4) is 0 Å². The average molecular weight is 251 g/mol. The Hall–Kier alpha value is -1.85. The number of hydrogen-bond donors (Lipinski definition) is 1. The molecule has 1 aromatic heterocycles. The lowest BCUT2D eigenvalue weighted by Gasteiger charge is -2.12. The Morgan fingerprint density at radius 2 is 2.33 bits per heavy atom. The molecule has 0 radical (unpaired) electrons. The second kappa shape index (κ2) is 4.80. The topological polar surface area (TPSA) is 75.4 Å². The largest absolute Gasteiger partial charge is 0.481 e. The van der Waals surface area contributed by atoms with E-state index in [1.807, 2.05) is 0 Å². The Balaban J connectivity index is 2.10. The van der Waals surface area contributed by atoms with Crippen LogP contribution in [-0.2, 0) is 16.1 Å². The highest BCUT2D eigenvalue weighted by atomic mass is 16.4. The quantitative estimate of drug-likeness (QED) is 0.865. The molecule has 1 N–H and O–H groups in total. The molecule has 0 saturated carbocycles. The van der Waals surface area contributed by atoms with Gasteiger partial charge in [-0.05, 0) is 5.92 Å². The number of carbonyl (C=O) groups is 2. The molecule has 2 heterocycles. The summed E-state index contributed by atoms with van der Waals surface area (Å²) in [6, 6.07) is 0. The van der Waals surface area contributed by atoms with Crippen LogP contribution in [0.5, 0.6) is 0 Å². The fraction of sp³-hybridized carbons (Fsp3) is 0.583. The van der Waals surface area contributed by atoms with E-state index in [1.54, 1.807) is 17.1 Å². The van der Waals surface area contributed by atoms with Gasteiger partial charge in [0.05, 0.1) is 17.8 Å². The van der Waals surface area contributed by atoms with Crippen LogP contribution in [0.15, 0.2) is 12.4 Å². The van der Waals surface area contributed by atoms with Crippen molar-refractivity contribution in [3.63, 3.8) is 0 Å². The third-order valence-electron chi connectivity index (χ3n) is 2.96. The summed E-state index contributed by atoms with van der Waals surface area (Å²) in [6.45, 7) is 5.19. The molecule has 1 fully saturated rings. The van der Waals surface area contributed by atoms with E-state index in [-0.39, 0.29) is 18.9 Å². The zero-order chi connectivity index (χ0) is 13.3. The lowest BCUT2D eigenvalue weighted by Crippen LogP contribution is -2.25. The van der Waals surface area contributed by atoms with Crippen molar-refractivity contribution in [3.05, 3.63) is 12.4 Å². The molecular formula is C12H17N3O3. The SMILES string of the molecule is CC(C)Cn1cc(N2C[C@H](C(=O)O)CC2=O)cn1. The molecule has 6 heteroatoms. The van der Waals surface area contributed by atoms with Crippen LogP contribution in [0.4, 0.5) is 5.69 Å². The van der Waals surface area contributed by atoms with Gasteiger partial charge in [0.25, 0.3) is 0 Å². The van der Waals surface area contributed by atoms with Crippen LogP contribution in [0, 0.1) is 11.8 Å². The van der Waals surface area contributed by atoms with Crippen molar-refractivity contribution < 1.29 is 14.7 Å².